The van der Waals surface area contributed by atoms with Gasteiger partial charge in [-0.05, 0) is 72.4 Å². The molecule has 1 aliphatic carbocycles. The third-order valence-corrected chi connectivity index (χ3v) is 5.79. The van der Waals surface area contributed by atoms with E-state index in [-0.39, 0.29) is 5.56 Å². The Morgan fingerprint density at radius 1 is 0.966 bits per heavy atom. The zero-order chi connectivity index (χ0) is 20.2. The summed E-state index contributed by atoms with van der Waals surface area (Å²) >= 11 is 0. The van der Waals surface area contributed by atoms with Crippen LogP contribution in [0.2, 0.25) is 0 Å². The lowest BCUT2D eigenvalue weighted by atomic mass is 9.83. The summed E-state index contributed by atoms with van der Waals surface area (Å²) < 4.78 is 5.28. The number of aromatic carboxylic acids is 1. The van der Waals surface area contributed by atoms with Crippen LogP contribution in [0.5, 0.6) is 5.75 Å². The molecule has 29 heavy (non-hydrogen) atoms. The van der Waals surface area contributed by atoms with E-state index >= 15 is 0 Å². The molecule has 0 aliphatic heterocycles. The van der Waals surface area contributed by atoms with Crippen LogP contribution in [0.1, 0.15) is 53.9 Å². The van der Waals surface area contributed by atoms with E-state index in [4.69, 9.17) is 9.72 Å². The monoisotopic (exact) mass is 387 g/mol. The second kappa shape index (κ2) is 8.48. The quantitative estimate of drug-likeness (QED) is 0.569. The van der Waals surface area contributed by atoms with E-state index in [1.54, 1.807) is 19.2 Å². The van der Waals surface area contributed by atoms with Crippen LogP contribution in [0.15, 0.2) is 60.8 Å². The van der Waals surface area contributed by atoms with Crippen LogP contribution < -0.4 is 4.74 Å². The molecular formula is C25H25NO3. The maximum Gasteiger partial charge on any atom is 0.335 e. The number of hydrogen-bond acceptors (Lipinski definition) is 3. The van der Waals surface area contributed by atoms with Gasteiger partial charge >= 0.3 is 5.97 Å². The van der Waals surface area contributed by atoms with Gasteiger partial charge in [0, 0.05) is 17.3 Å². The van der Waals surface area contributed by atoms with E-state index in [2.05, 4.69) is 6.07 Å². The van der Waals surface area contributed by atoms with E-state index < -0.39 is 5.97 Å². The molecule has 0 unspecified atom stereocenters. The highest BCUT2D eigenvalue weighted by atomic mass is 16.5. The summed E-state index contributed by atoms with van der Waals surface area (Å²) in [5.74, 6) is 0.444. The van der Waals surface area contributed by atoms with Crippen molar-refractivity contribution in [3.63, 3.8) is 0 Å². The predicted octanol–water partition coefficient (Wildman–Crippen LogP) is 6.17. The second-order valence-corrected chi connectivity index (χ2v) is 7.61. The number of ether oxygens (including phenoxy) is 1. The lowest BCUT2D eigenvalue weighted by Gasteiger charge is -2.23. The second-order valence-electron chi connectivity index (χ2n) is 7.61. The first-order valence-electron chi connectivity index (χ1n) is 10.1. The van der Waals surface area contributed by atoms with Crippen LogP contribution in [0.25, 0.3) is 22.4 Å². The van der Waals surface area contributed by atoms with Crippen LogP contribution in [-0.4, -0.2) is 23.2 Å². The number of carbonyl (C=O) groups is 1. The summed E-state index contributed by atoms with van der Waals surface area (Å²) in [4.78, 5) is 16.1. The van der Waals surface area contributed by atoms with Gasteiger partial charge in [-0.2, -0.15) is 0 Å². The standard InChI is InChI=1S/C25H25NO3/c1-29-22-13-11-19(12-14-22)24-23(18-7-9-20(10-8-18)25(27)28)15-21(16-26-24)17-5-3-2-4-6-17/h7-17H,2-6H2,1H3,(H,27,28). The Bertz CT molecular complexity index is 988. The van der Waals surface area contributed by atoms with E-state index in [1.807, 2.05) is 42.6 Å². The van der Waals surface area contributed by atoms with Crippen LogP contribution in [0.4, 0.5) is 0 Å². The Balaban J connectivity index is 1.79. The molecule has 0 bridgehead atoms. The summed E-state index contributed by atoms with van der Waals surface area (Å²) in [7, 11) is 1.65. The summed E-state index contributed by atoms with van der Waals surface area (Å²) in [5.41, 5.74) is 5.49. The largest absolute Gasteiger partial charge is 0.497 e. The van der Waals surface area contributed by atoms with Gasteiger partial charge in [-0.15, -0.1) is 0 Å². The van der Waals surface area contributed by atoms with Crippen LogP contribution in [0, 0.1) is 0 Å². The maximum absolute atomic E-state index is 11.2. The van der Waals surface area contributed by atoms with Gasteiger partial charge in [0.15, 0.2) is 0 Å². The molecule has 0 amide bonds. The zero-order valence-corrected chi connectivity index (χ0v) is 16.6. The first kappa shape index (κ1) is 19.2. The normalized spacial score (nSPS) is 14.5. The molecule has 1 aliphatic rings. The first-order valence-corrected chi connectivity index (χ1v) is 10.1. The average Bonchev–Trinajstić information content (AvgIpc) is 2.79. The van der Waals surface area contributed by atoms with E-state index in [0.717, 1.165) is 28.1 Å². The topological polar surface area (TPSA) is 59.4 Å². The summed E-state index contributed by atoms with van der Waals surface area (Å²) in [6.07, 6.45) is 8.30. The predicted molar refractivity (Wildman–Crippen MR) is 114 cm³/mol. The highest BCUT2D eigenvalue weighted by molar-refractivity contribution is 5.89. The Hall–Kier alpha value is -3.14. The van der Waals surface area contributed by atoms with Crippen molar-refractivity contribution in [2.45, 2.75) is 38.0 Å². The first-order chi connectivity index (χ1) is 14.2. The summed E-state index contributed by atoms with van der Waals surface area (Å²) in [5, 5.41) is 9.22. The van der Waals surface area contributed by atoms with Crippen LogP contribution >= 0.6 is 0 Å². The van der Waals surface area contributed by atoms with Gasteiger partial charge < -0.3 is 9.84 Å². The van der Waals surface area contributed by atoms with Crippen molar-refractivity contribution < 1.29 is 14.6 Å². The number of aromatic nitrogens is 1. The van der Waals surface area contributed by atoms with Gasteiger partial charge in [0.05, 0.1) is 18.4 Å². The van der Waals surface area contributed by atoms with Crippen molar-refractivity contribution in [3.8, 4) is 28.1 Å². The number of rotatable bonds is 5. The summed E-state index contributed by atoms with van der Waals surface area (Å²) in [6.45, 7) is 0. The molecule has 1 heterocycles. The molecule has 1 N–H and O–H groups in total. The molecule has 1 aromatic heterocycles. The van der Waals surface area contributed by atoms with Gasteiger partial charge in [0.25, 0.3) is 0 Å². The molecule has 3 aromatic rings. The molecule has 148 valence electrons. The van der Waals surface area contributed by atoms with Crippen molar-refractivity contribution in [2.24, 2.45) is 0 Å². The Morgan fingerprint density at radius 3 is 2.24 bits per heavy atom. The molecular weight excluding hydrogens is 362 g/mol. The number of hydrogen-bond donors (Lipinski definition) is 1. The minimum atomic E-state index is -0.916. The van der Waals surface area contributed by atoms with Gasteiger partial charge in [-0.1, -0.05) is 31.4 Å². The third kappa shape index (κ3) is 4.16. The van der Waals surface area contributed by atoms with Crippen LogP contribution in [0.3, 0.4) is 0 Å². The third-order valence-electron chi connectivity index (χ3n) is 5.79. The molecule has 0 atom stereocenters. The Morgan fingerprint density at radius 2 is 1.62 bits per heavy atom. The number of benzene rings is 2. The number of carboxylic acids is 1. The lowest BCUT2D eigenvalue weighted by Crippen LogP contribution is -2.06. The number of nitrogens with zero attached hydrogens (tertiary/aromatic N) is 1. The zero-order valence-electron chi connectivity index (χ0n) is 16.6. The van der Waals surface area contributed by atoms with Crippen molar-refractivity contribution >= 4 is 5.97 Å². The van der Waals surface area contributed by atoms with E-state index in [1.165, 1.54) is 37.7 Å². The van der Waals surface area contributed by atoms with Gasteiger partial charge in [-0.25, -0.2) is 4.79 Å². The molecule has 1 saturated carbocycles. The number of pyridine rings is 1. The fraction of sp³-hybridized carbons (Fsp3) is 0.280. The summed E-state index contributed by atoms with van der Waals surface area (Å²) in [6, 6.07) is 17.2. The van der Waals surface area contributed by atoms with Crippen LogP contribution in [-0.2, 0) is 0 Å². The molecule has 0 spiro atoms. The number of methoxy groups -OCH3 is 1. The Kier molecular flexibility index (Phi) is 5.61. The Labute approximate surface area is 171 Å². The average molecular weight is 387 g/mol. The van der Waals surface area contributed by atoms with Gasteiger partial charge in [0.2, 0.25) is 0 Å². The van der Waals surface area contributed by atoms with E-state index in [9.17, 15) is 9.90 Å². The molecule has 4 heteroatoms. The molecule has 4 nitrogen and oxygen atoms in total. The lowest BCUT2D eigenvalue weighted by molar-refractivity contribution is 0.0697. The highest BCUT2D eigenvalue weighted by Gasteiger charge is 2.19. The fourth-order valence-electron chi connectivity index (χ4n) is 4.13. The van der Waals surface area contributed by atoms with E-state index in [0.29, 0.717) is 5.92 Å². The molecule has 1 fully saturated rings. The highest BCUT2D eigenvalue weighted by Crippen LogP contribution is 2.37. The van der Waals surface area contributed by atoms with Gasteiger partial charge in [-0.3, -0.25) is 4.98 Å². The van der Waals surface area contributed by atoms with Crippen molar-refractivity contribution in [3.05, 3.63) is 71.9 Å². The number of carboxylic acid groups (broad SMARTS) is 1. The molecule has 4 rings (SSSR count). The van der Waals surface area contributed by atoms with Crippen molar-refractivity contribution in [2.75, 3.05) is 7.11 Å². The van der Waals surface area contributed by atoms with Crippen molar-refractivity contribution in [1.29, 1.82) is 0 Å². The minimum Gasteiger partial charge on any atom is -0.497 e. The molecule has 0 saturated heterocycles. The molecule has 0 radical (unpaired) electrons. The SMILES string of the molecule is COc1ccc(-c2ncc(C3CCCCC3)cc2-c2ccc(C(=O)O)cc2)cc1. The minimum absolute atomic E-state index is 0.288. The fourth-order valence-corrected chi connectivity index (χ4v) is 4.13. The van der Waals surface area contributed by atoms with Crippen molar-refractivity contribution in [1.82, 2.24) is 4.98 Å². The smallest absolute Gasteiger partial charge is 0.335 e. The molecule has 2 aromatic carbocycles. The maximum atomic E-state index is 11.2. The van der Waals surface area contributed by atoms with Gasteiger partial charge in [0.1, 0.15) is 5.75 Å².